The van der Waals surface area contributed by atoms with Gasteiger partial charge >= 0.3 is 0 Å². The van der Waals surface area contributed by atoms with Crippen LogP contribution >= 0.6 is 0 Å². The fourth-order valence-corrected chi connectivity index (χ4v) is 1.61. The van der Waals surface area contributed by atoms with Crippen molar-refractivity contribution < 1.29 is 5.11 Å². The zero-order valence-electron chi connectivity index (χ0n) is 10.2. The van der Waals surface area contributed by atoms with Gasteiger partial charge in [0.15, 0.2) is 0 Å². The predicted octanol–water partition coefficient (Wildman–Crippen LogP) is 3.14. The van der Waals surface area contributed by atoms with E-state index in [2.05, 4.69) is 30.7 Å². The van der Waals surface area contributed by atoms with Crippen LogP contribution in [0.2, 0.25) is 0 Å². The SMILES string of the molecule is C=CCCCN(C)c1ccc([C@H](C)O)cc1. The molecule has 0 saturated carbocycles. The molecule has 0 bridgehead atoms. The maximum absolute atomic E-state index is 9.40. The van der Waals surface area contributed by atoms with Crippen molar-refractivity contribution in [2.45, 2.75) is 25.9 Å². The smallest absolute Gasteiger partial charge is 0.0761 e. The van der Waals surface area contributed by atoms with E-state index in [0.29, 0.717) is 0 Å². The second-order valence-corrected chi connectivity index (χ2v) is 4.12. The number of rotatable bonds is 6. The summed E-state index contributed by atoms with van der Waals surface area (Å²) in [5, 5.41) is 9.40. The Balaban J connectivity index is 2.55. The minimum Gasteiger partial charge on any atom is -0.389 e. The van der Waals surface area contributed by atoms with Gasteiger partial charge in [0.2, 0.25) is 0 Å². The third-order valence-corrected chi connectivity index (χ3v) is 2.72. The van der Waals surface area contributed by atoms with Gasteiger partial charge in [-0.15, -0.1) is 6.58 Å². The first-order valence-corrected chi connectivity index (χ1v) is 5.75. The lowest BCUT2D eigenvalue weighted by Gasteiger charge is -2.19. The Kier molecular flexibility index (Phi) is 5.06. The molecule has 1 atom stereocenters. The third-order valence-electron chi connectivity index (χ3n) is 2.72. The van der Waals surface area contributed by atoms with Crippen LogP contribution in [-0.4, -0.2) is 18.7 Å². The highest BCUT2D eigenvalue weighted by molar-refractivity contribution is 5.47. The van der Waals surface area contributed by atoms with Crippen LogP contribution in [0.5, 0.6) is 0 Å². The topological polar surface area (TPSA) is 23.5 Å². The van der Waals surface area contributed by atoms with E-state index in [1.807, 2.05) is 18.2 Å². The van der Waals surface area contributed by atoms with E-state index in [1.165, 1.54) is 5.69 Å². The van der Waals surface area contributed by atoms with Gasteiger partial charge in [0, 0.05) is 19.3 Å². The number of aliphatic hydroxyl groups excluding tert-OH is 1. The highest BCUT2D eigenvalue weighted by Gasteiger charge is 2.02. The Morgan fingerprint density at radius 1 is 1.38 bits per heavy atom. The van der Waals surface area contributed by atoms with Crippen molar-refractivity contribution in [2.75, 3.05) is 18.5 Å². The van der Waals surface area contributed by atoms with Crippen LogP contribution in [-0.2, 0) is 0 Å². The molecule has 0 aliphatic heterocycles. The van der Waals surface area contributed by atoms with Gasteiger partial charge in [-0.3, -0.25) is 0 Å². The standard InChI is InChI=1S/C14H21NO/c1-4-5-6-11-15(3)14-9-7-13(8-10-14)12(2)16/h4,7-10,12,16H,1,5-6,11H2,2-3H3/t12-/m0/s1. The second-order valence-electron chi connectivity index (χ2n) is 4.12. The van der Waals surface area contributed by atoms with Crippen LogP contribution in [0.1, 0.15) is 31.4 Å². The number of anilines is 1. The lowest BCUT2D eigenvalue weighted by atomic mass is 10.1. The van der Waals surface area contributed by atoms with Crippen LogP contribution in [0.25, 0.3) is 0 Å². The minimum absolute atomic E-state index is 0.389. The summed E-state index contributed by atoms with van der Waals surface area (Å²) in [6.07, 6.45) is 3.73. The largest absolute Gasteiger partial charge is 0.389 e. The summed E-state index contributed by atoms with van der Waals surface area (Å²) in [7, 11) is 2.08. The lowest BCUT2D eigenvalue weighted by molar-refractivity contribution is 0.199. The first-order chi connectivity index (χ1) is 7.65. The van der Waals surface area contributed by atoms with E-state index in [4.69, 9.17) is 0 Å². The van der Waals surface area contributed by atoms with Crippen LogP contribution in [0.3, 0.4) is 0 Å². The molecule has 2 nitrogen and oxygen atoms in total. The van der Waals surface area contributed by atoms with Gasteiger partial charge in [-0.2, -0.15) is 0 Å². The number of aliphatic hydroxyl groups is 1. The van der Waals surface area contributed by atoms with Crippen molar-refractivity contribution in [2.24, 2.45) is 0 Å². The Morgan fingerprint density at radius 3 is 2.50 bits per heavy atom. The van der Waals surface area contributed by atoms with E-state index in [1.54, 1.807) is 6.92 Å². The Bertz CT molecular complexity index is 316. The Morgan fingerprint density at radius 2 is 2.00 bits per heavy atom. The van der Waals surface area contributed by atoms with Gasteiger partial charge in [0.05, 0.1) is 6.10 Å². The molecule has 0 aliphatic carbocycles. The third kappa shape index (κ3) is 3.70. The van der Waals surface area contributed by atoms with E-state index in [0.717, 1.165) is 24.9 Å². The summed E-state index contributed by atoms with van der Waals surface area (Å²) in [4.78, 5) is 2.22. The van der Waals surface area contributed by atoms with Gasteiger partial charge < -0.3 is 10.0 Å². The van der Waals surface area contributed by atoms with Crippen molar-refractivity contribution in [3.05, 3.63) is 42.5 Å². The van der Waals surface area contributed by atoms with Gasteiger partial charge in [-0.05, 0) is 37.5 Å². The zero-order valence-corrected chi connectivity index (χ0v) is 10.2. The Labute approximate surface area is 98.2 Å². The highest BCUT2D eigenvalue weighted by atomic mass is 16.3. The summed E-state index contributed by atoms with van der Waals surface area (Å²) in [5.41, 5.74) is 2.15. The molecule has 0 amide bonds. The van der Waals surface area contributed by atoms with Crippen LogP contribution < -0.4 is 4.90 Å². The molecule has 88 valence electrons. The van der Waals surface area contributed by atoms with Crippen molar-refractivity contribution >= 4 is 5.69 Å². The van der Waals surface area contributed by atoms with Crippen LogP contribution in [0, 0.1) is 0 Å². The highest BCUT2D eigenvalue weighted by Crippen LogP contribution is 2.18. The van der Waals surface area contributed by atoms with Gasteiger partial charge in [-0.25, -0.2) is 0 Å². The van der Waals surface area contributed by atoms with E-state index in [9.17, 15) is 5.11 Å². The van der Waals surface area contributed by atoms with E-state index in [-0.39, 0.29) is 6.10 Å². The average Bonchev–Trinajstić information content (AvgIpc) is 2.29. The Hall–Kier alpha value is -1.28. The predicted molar refractivity (Wildman–Crippen MR) is 69.8 cm³/mol. The summed E-state index contributed by atoms with van der Waals surface area (Å²) in [6, 6.07) is 8.06. The van der Waals surface area contributed by atoms with Gasteiger partial charge in [0.1, 0.15) is 0 Å². The molecular formula is C14H21NO. The molecule has 0 unspecified atom stereocenters. The molecule has 0 spiro atoms. The van der Waals surface area contributed by atoms with E-state index >= 15 is 0 Å². The normalized spacial score (nSPS) is 12.2. The van der Waals surface area contributed by atoms with Gasteiger partial charge in [0.25, 0.3) is 0 Å². The number of nitrogens with zero attached hydrogens (tertiary/aromatic N) is 1. The second kappa shape index (κ2) is 6.33. The molecule has 0 radical (unpaired) electrons. The molecule has 1 N–H and O–H groups in total. The maximum atomic E-state index is 9.40. The maximum Gasteiger partial charge on any atom is 0.0761 e. The molecule has 0 aromatic heterocycles. The summed E-state index contributed by atoms with van der Waals surface area (Å²) in [6.45, 7) is 6.52. The number of benzene rings is 1. The molecule has 0 fully saturated rings. The summed E-state index contributed by atoms with van der Waals surface area (Å²) in [5.74, 6) is 0. The number of allylic oxidation sites excluding steroid dienone is 1. The average molecular weight is 219 g/mol. The zero-order chi connectivity index (χ0) is 12.0. The lowest BCUT2D eigenvalue weighted by Crippen LogP contribution is -2.18. The van der Waals surface area contributed by atoms with E-state index < -0.39 is 0 Å². The van der Waals surface area contributed by atoms with Crippen molar-refractivity contribution in [1.29, 1.82) is 0 Å². The molecule has 2 heteroatoms. The fraction of sp³-hybridized carbons (Fsp3) is 0.429. The van der Waals surface area contributed by atoms with Crippen LogP contribution in [0.4, 0.5) is 5.69 Å². The molecule has 0 saturated heterocycles. The van der Waals surface area contributed by atoms with Crippen LogP contribution in [0.15, 0.2) is 36.9 Å². The number of unbranched alkanes of at least 4 members (excludes halogenated alkanes) is 1. The molecule has 0 aliphatic rings. The van der Waals surface area contributed by atoms with Gasteiger partial charge in [-0.1, -0.05) is 18.2 Å². The summed E-state index contributed by atoms with van der Waals surface area (Å²) < 4.78 is 0. The van der Waals surface area contributed by atoms with Crippen molar-refractivity contribution in [1.82, 2.24) is 0 Å². The molecule has 1 rings (SSSR count). The fourth-order valence-electron chi connectivity index (χ4n) is 1.61. The molecule has 16 heavy (non-hydrogen) atoms. The van der Waals surface area contributed by atoms with Crippen molar-refractivity contribution in [3.63, 3.8) is 0 Å². The molecular weight excluding hydrogens is 198 g/mol. The number of hydrogen-bond donors (Lipinski definition) is 1. The number of hydrogen-bond acceptors (Lipinski definition) is 2. The molecule has 0 heterocycles. The minimum atomic E-state index is -0.389. The first kappa shape index (κ1) is 12.8. The molecule has 1 aromatic rings. The quantitative estimate of drug-likeness (QED) is 0.587. The first-order valence-electron chi connectivity index (χ1n) is 5.75. The van der Waals surface area contributed by atoms with Crippen molar-refractivity contribution in [3.8, 4) is 0 Å². The monoisotopic (exact) mass is 219 g/mol. The molecule has 1 aromatic carbocycles. The summed E-state index contributed by atoms with van der Waals surface area (Å²) >= 11 is 0.